The largest absolute Gasteiger partial charge is 0.388 e. The molecule has 2 heteroatoms. The summed E-state index contributed by atoms with van der Waals surface area (Å²) in [6, 6.07) is 10.7. The molecule has 1 unspecified atom stereocenters. The normalized spacial score (nSPS) is 22.1. The Morgan fingerprint density at radius 3 is 2.50 bits per heavy atom. The molecule has 0 fully saturated rings. The third-order valence-electron chi connectivity index (χ3n) is 4.79. The van der Waals surface area contributed by atoms with E-state index >= 15 is 0 Å². The van der Waals surface area contributed by atoms with E-state index < -0.39 is 11.0 Å². The fraction of sp³-hybridized carbons (Fsp3) is 0.611. The molecule has 1 aromatic rings. The maximum atomic E-state index is 11.3. The van der Waals surface area contributed by atoms with Crippen LogP contribution in [-0.2, 0) is 11.8 Å². The average Bonchev–Trinajstić information content (AvgIpc) is 2.47. The van der Waals surface area contributed by atoms with Crippen LogP contribution in [0.3, 0.4) is 0 Å². The smallest absolute Gasteiger partial charge is 0.111 e. The topological polar surface area (TPSA) is 44.0 Å². The second kappa shape index (κ2) is 5.97. The van der Waals surface area contributed by atoms with Gasteiger partial charge in [0.15, 0.2) is 0 Å². The first kappa shape index (κ1) is 15.1. The van der Waals surface area contributed by atoms with Crippen LogP contribution in [0.5, 0.6) is 0 Å². The molecular weight excluding hydrogens is 246 g/mol. The van der Waals surface area contributed by atoms with Crippen LogP contribution >= 0.6 is 0 Å². The lowest BCUT2D eigenvalue weighted by Gasteiger charge is -2.46. The quantitative estimate of drug-likeness (QED) is 0.875. The number of fused-ring (bicyclic) bond motifs is 1. The maximum absolute atomic E-state index is 11.3. The van der Waals surface area contributed by atoms with E-state index in [0.29, 0.717) is 12.8 Å². The number of benzene rings is 1. The lowest BCUT2D eigenvalue weighted by Crippen LogP contribution is -2.52. The van der Waals surface area contributed by atoms with Crippen molar-refractivity contribution in [3.63, 3.8) is 0 Å². The maximum Gasteiger partial charge on any atom is 0.111 e. The summed E-state index contributed by atoms with van der Waals surface area (Å²) in [5.41, 5.74) is 0.680. The first-order valence-electron chi connectivity index (χ1n) is 7.85. The monoisotopic (exact) mass is 271 g/mol. The van der Waals surface area contributed by atoms with Gasteiger partial charge in [-0.15, -0.1) is 0 Å². The van der Waals surface area contributed by atoms with E-state index in [1.807, 2.05) is 18.2 Å². The van der Waals surface area contributed by atoms with Crippen molar-refractivity contribution in [1.82, 2.24) is 0 Å². The molecule has 108 valence electrons. The van der Waals surface area contributed by atoms with Gasteiger partial charge >= 0.3 is 0 Å². The molecule has 2 rings (SSSR count). The minimum atomic E-state index is -0.901. The Labute approximate surface area is 122 Å². The highest BCUT2D eigenvalue weighted by Gasteiger charge is 2.52. The molecule has 1 aliphatic rings. The van der Waals surface area contributed by atoms with Crippen molar-refractivity contribution in [1.29, 1.82) is 5.26 Å². The Morgan fingerprint density at radius 2 is 1.90 bits per heavy atom. The van der Waals surface area contributed by atoms with E-state index in [4.69, 9.17) is 0 Å². The van der Waals surface area contributed by atoms with Gasteiger partial charge in [0.2, 0.25) is 0 Å². The third kappa shape index (κ3) is 2.25. The van der Waals surface area contributed by atoms with Gasteiger partial charge in [-0.3, -0.25) is 0 Å². The minimum absolute atomic E-state index is 0.697. The van der Waals surface area contributed by atoms with E-state index in [0.717, 1.165) is 37.7 Å². The Morgan fingerprint density at radius 1 is 1.25 bits per heavy atom. The van der Waals surface area contributed by atoms with Crippen molar-refractivity contribution >= 4 is 0 Å². The number of rotatable bonds is 5. The summed E-state index contributed by atoms with van der Waals surface area (Å²) in [6.45, 7) is 4.17. The fourth-order valence-corrected chi connectivity index (χ4v) is 3.92. The van der Waals surface area contributed by atoms with Gasteiger partial charge < -0.3 is 5.11 Å². The average molecular weight is 271 g/mol. The van der Waals surface area contributed by atoms with Crippen LogP contribution in [0.4, 0.5) is 0 Å². The van der Waals surface area contributed by atoms with Crippen molar-refractivity contribution in [2.75, 3.05) is 0 Å². The summed E-state index contributed by atoms with van der Waals surface area (Å²) >= 11 is 0. The van der Waals surface area contributed by atoms with Gasteiger partial charge in [0.05, 0.1) is 11.7 Å². The summed E-state index contributed by atoms with van der Waals surface area (Å²) in [7, 11) is 0. The van der Waals surface area contributed by atoms with Crippen LogP contribution < -0.4 is 0 Å². The zero-order valence-electron chi connectivity index (χ0n) is 12.7. The number of hydrogen-bond acceptors (Lipinski definition) is 2. The van der Waals surface area contributed by atoms with E-state index in [1.54, 1.807) is 0 Å². The molecular formula is C18H25NO. The summed E-state index contributed by atoms with van der Waals surface area (Å²) in [5, 5.41) is 21.3. The molecule has 0 saturated heterocycles. The summed E-state index contributed by atoms with van der Waals surface area (Å²) in [5.74, 6) is 0. The van der Waals surface area contributed by atoms with Crippen LogP contribution in [-0.4, -0.2) is 10.7 Å². The molecule has 2 nitrogen and oxygen atoms in total. The van der Waals surface area contributed by atoms with Gasteiger partial charge in [-0.05, 0) is 43.2 Å². The molecule has 0 aromatic heterocycles. The lowest BCUT2D eigenvalue weighted by molar-refractivity contribution is -0.0400. The summed E-state index contributed by atoms with van der Waals surface area (Å²) < 4.78 is 0. The van der Waals surface area contributed by atoms with Crippen molar-refractivity contribution in [3.8, 4) is 6.07 Å². The second-order valence-corrected chi connectivity index (χ2v) is 6.06. The molecule has 0 radical (unpaired) electrons. The van der Waals surface area contributed by atoms with Gasteiger partial charge in [0, 0.05) is 0 Å². The summed E-state index contributed by atoms with van der Waals surface area (Å²) in [4.78, 5) is 0. The summed E-state index contributed by atoms with van der Waals surface area (Å²) in [6.07, 6.45) is 5.99. The molecule has 0 amide bonds. The highest BCUT2D eigenvalue weighted by atomic mass is 16.3. The Balaban J connectivity index is 2.57. The molecule has 0 saturated carbocycles. The molecule has 0 bridgehead atoms. The lowest BCUT2D eigenvalue weighted by atomic mass is 9.59. The van der Waals surface area contributed by atoms with Gasteiger partial charge in [0.25, 0.3) is 0 Å². The molecule has 0 spiro atoms. The van der Waals surface area contributed by atoms with E-state index in [-0.39, 0.29) is 0 Å². The van der Waals surface area contributed by atoms with Crippen LogP contribution in [0.1, 0.15) is 63.5 Å². The minimum Gasteiger partial charge on any atom is -0.388 e. The molecule has 0 aliphatic heterocycles. The highest BCUT2D eigenvalue weighted by Crippen LogP contribution is 2.48. The molecule has 1 aromatic carbocycles. The zero-order valence-corrected chi connectivity index (χ0v) is 12.7. The van der Waals surface area contributed by atoms with Crippen molar-refractivity contribution in [2.24, 2.45) is 0 Å². The predicted molar refractivity (Wildman–Crippen MR) is 81.4 cm³/mol. The molecule has 0 heterocycles. The molecule has 20 heavy (non-hydrogen) atoms. The third-order valence-corrected chi connectivity index (χ3v) is 4.79. The molecule has 1 aliphatic carbocycles. The molecule has 1 N–H and O–H groups in total. The van der Waals surface area contributed by atoms with Gasteiger partial charge in [-0.25, -0.2) is 0 Å². The zero-order chi connectivity index (χ0) is 14.6. The Hall–Kier alpha value is -1.33. The van der Waals surface area contributed by atoms with E-state index in [2.05, 4.69) is 26.0 Å². The van der Waals surface area contributed by atoms with E-state index in [1.165, 1.54) is 5.56 Å². The van der Waals surface area contributed by atoms with Crippen LogP contribution in [0.15, 0.2) is 24.3 Å². The predicted octanol–water partition coefficient (Wildman–Crippen LogP) is 4.12. The van der Waals surface area contributed by atoms with E-state index in [9.17, 15) is 10.4 Å². The van der Waals surface area contributed by atoms with Crippen molar-refractivity contribution in [2.45, 2.75) is 69.8 Å². The second-order valence-electron chi connectivity index (χ2n) is 6.06. The molecule has 1 atom stereocenters. The van der Waals surface area contributed by atoms with Crippen molar-refractivity contribution in [3.05, 3.63) is 35.4 Å². The number of nitrogens with zero attached hydrogens (tertiary/aromatic N) is 1. The van der Waals surface area contributed by atoms with Gasteiger partial charge in [0.1, 0.15) is 5.41 Å². The van der Waals surface area contributed by atoms with Gasteiger partial charge in [-0.1, -0.05) is 51.0 Å². The number of nitriles is 1. The standard InChI is InChI=1S/C18H25NO/c1-3-11-18(20,12-4-2)17(14-19)13-7-9-15-8-5-6-10-16(15)17/h5-6,8,10,20H,3-4,7,9,11-13H2,1-2H3. The number of aryl methyl sites for hydroxylation is 1. The van der Waals surface area contributed by atoms with Crippen LogP contribution in [0.2, 0.25) is 0 Å². The van der Waals surface area contributed by atoms with Crippen LogP contribution in [0, 0.1) is 11.3 Å². The number of aliphatic hydroxyl groups is 1. The van der Waals surface area contributed by atoms with Gasteiger partial charge in [-0.2, -0.15) is 5.26 Å². The van der Waals surface area contributed by atoms with Crippen LogP contribution in [0.25, 0.3) is 0 Å². The SMILES string of the molecule is CCCC(O)(CCC)C1(C#N)CCCc2ccccc21. The Kier molecular flexibility index (Phi) is 4.50. The highest BCUT2D eigenvalue weighted by molar-refractivity contribution is 5.45. The fourth-order valence-electron chi connectivity index (χ4n) is 3.92. The Bertz CT molecular complexity index is 496. The first-order chi connectivity index (χ1) is 9.63. The van der Waals surface area contributed by atoms with Crippen molar-refractivity contribution < 1.29 is 5.11 Å². The first-order valence-corrected chi connectivity index (χ1v) is 7.85. The number of hydrogen-bond donors (Lipinski definition) is 1.